The van der Waals surface area contributed by atoms with E-state index >= 15 is 0 Å². The normalized spacial score (nSPS) is 25.3. The Morgan fingerprint density at radius 1 is 1.29 bits per heavy atom. The predicted molar refractivity (Wildman–Crippen MR) is 72.4 cm³/mol. The molecule has 1 saturated carbocycles. The van der Waals surface area contributed by atoms with E-state index in [1.807, 2.05) is 6.92 Å². The van der Waals surface area contributed by atoms with Crippen molar-refractivity contribution >= 4 is 22.6 Å². The number of nitrogens with two attached hydrogens (primary N) is 1. The summed E-state index contributed by atoms with van der Waals surface area (Å²) in [6.45, 7) is 2.97. The van der Waals surface area contributed by atoms with Gasteiger partial charge in [-0.25, -0.2) is 4.72 Å². The predicted octanol–water partition coefficient (Wildman–Crippen LogP) is 0.760. The van der Waals surface area contributed by atoms with Crippen molar-refractivity contribution in [1.29, 1.82) is 0 Å². The van der Waals surface area contributed by atoms with Crippen molar-refractivity contribution in [2.75, 3.05) is 13.1 Å². The molecule has 0 aromatic heterocycles. The molecule has 1 aliphatic carbocycles. The number of halogens is 1. The first-order valence-electron chi connectivity index (χ1n) is 6.06. The zero-order valence-electron chi connectivity index (χ0n) is 10.3. The van der Waals surface area contributed by atoms with Crippen molar-refractivity contribution in [2.45, 2.75) is 45.1 Å². The van der Waals surface area contributed by atoms with Crippen LogP contribution >= 0.6 is 12.4 Å². The molecule has 5 nitrogen and oxygen atoms in total. The second kappa shape index (κ2) is 8.26. The van der Waals surface area contributed by atoms with Gasteiger partial charge in [0.25, 0.3) is 10.2 Å². The number of hydrogen-bond donors (Lipinski definition) is 3. The summed E-state index contributed by atoms with van der Waals surface area (Å²) in [5, 5.41) is 0. The van der Waals surface area contributed by atoms with Crippen molar-refractivity contribution in [3.05, 3.63) is 0 Å². The molecule has 1 aliphatic rings. The Kier molecular flexibility index (Phi) is 8.32. The van der Waals surface area contributed by atoms with Crippen LogP contribution in [0.1, 0.15) is 39.0 Å². The second-order valence-corrected chi connectivity index (χ2v) is 5.93. The van der Waals surface area contributed by atoms with Crippen LogP contribution in [0.2, 0.25) is 0 Å². The molecule has 7 heteroatoms. The van der Waals surface area contributed by atoms with Gasteiger partial charge < -0.3 is 5.73 Å². The highest BCUT2D eigenvalue weighted by atomic mass is 35.5. The summed E-state index contributed by atoms with van der Waals surface area (Å²) in [7, 11) is -3.34. The Morgan fingerprint density at radius 3 is 2.53 bits per heavy atom. The minimum absolute atomic E-state index is 0. The molecule has 4 N–H and O–H groups in total. The zero-order valence-corrected chi connectivity index (χ0v) is 11.9. The van der Waals surface area contributed by atoms with Crippen LogP contribution in [0.4, 0.5) is 0 Å². The fourth-order valence-corrected chi connectivity index (χ4v) is 3.39. The summed E-state index contributed by atoms with van der Waals surface area (Å²) in [4.78, 5) is 0. The molecule has 2 unspecified atom stereocenters. The third kappa shape index (κ3) is 6.01. The van der Waals surface area contributed by atoms with Crippen LogP contribution in [0.25, 0.3) is 0 Å². The molecule has 0 amide bonds. The summed E-state index contributed by atoms with van der Waals surface area (Å²) < 4.78 is 28.5. The van der Waals surface area contributed by atoms with Crippen LogP contribution < -0.4 is 15.2 Å². The lowest BCUT2D eigenvalue weighted by atomic mass is 9.85. The fraction of sp³-hybridized carbons (Fsp3) is 1.00. The Balaban J connectivity index is 0.00000256. The third-order valence-corrected chi connectivity index (χ3v) is 4.26. The Bertz CT molecular complexity index is 298. The molecule has 17 heavy (non-hydrogen) atoms. The molecule has 1 rings (SSSR count). The molecule has 1 fully saturated rings. The first kappa shape index (κ1) is 17.1. The van der Waals surface area contributed by atoms with E-state index in [1.54, 1.807) is 0 Å². The van der Waals surface area contributed by atoms with Gasteiger partial charge in [-0.3, -0.25) is 0 Å². The first-order chi connectivity index (χ1) is 7.59. The first-order valence-corrected chi connectivity index (χ1v) is 7.54. The van der Waals surface area contributed by atoms with Gasteiger partial charge in [0.05, 0.1) is 0 Å². The SMILES string of the molecule is CCCNS(=O)(=O)NC1CCCCC1CN.Cl. The quantitative estimate of drug-likeness (QED) is 0.674. The van der Waals surface area contributed by atoms with Crippen molar-refractivity contribution < 1.29 is 8.42 Å². The number of hydrogen-bond acceptors (Lipinski definition) is 3. The largest absolute Gasteiger partial charge is 0.330 e. The molecule has 0 aromatic rings. The van der Waals surface area contributed by atoms with Gasteiger partial charge in [0.2, 0.25) is 0 Å². The molecule has 0 bridgehead atoms. The van der Waals surface area contributed by atoms with E-state index in [9.17, 15) is 8.42 Å². The minimum Gasteiger partial charge on any atom is -0.330 e. The van der Waals surface area contributed by atoms with Gasteiger partial charge in [-0.1, -0.05) is 19.8 Å². The van der Waals surface area contributed by atoms with Crippen molar-refractivity contribution in [3.63, 3.8) is 0 Å². The maximum atomic E-state index is 11.7. The maximum absolute atomic E-state index is 11.7. The molecule has 0 aromatic carbocycles. The second-order valence-electron chi connectivity index (χ2n) is 4.40. The average Bonchev–Trinajstić information content (AvgIpc) is 2.27. The van der Waals surface area contributed by atoms with E-state index in [-0.39, 0.29) is 24.4 Å². The molecule has 0 heterocycles. The Morgan fingerprint density at radius 2 is 1.94 bits per heavy atom. The van der Waals surface area contributed by atoms with Crippen LogP contribution in [0.3, 0.4) is 0 Å². The van der Waals surface area contributed by atoms with Gasteiger partial charge in [0.1, 0.15) is 0 Å². The number of nitrogens with one attached hydrogen (secondary N) is 2. The van der Waals surface area contributed by atoms with Gasteiger partial charge in [0, 0.05) is 12.6 Å². The van der Waals surface area contributed by atoms with Crippen LogP contribution in [0, 0.1) is 5.92 Å². The van der Waals surface area contributed by atoms with Crippen LogP contribution in [0.5, 0.6) is 0 Å². The van der Waals surface area contributed by atoms with E-state index in [1.165, 1.54) is 0 Å². The topological polar surface area (TPSA) is 84.2 Å². The Labute approximate surface area is 111 Å². The lowest BCUT2D eigenvalue weighted by Crippen LogP contribution is -2.48. The molecule has 104 valence electrons. The van der Waals surface area contributed by atoms with Gasteiger partial charge >= 0.3 is 0 Å². The van der Waals surface area contributed by atoms with Crippen LogP contribution in [0.15, 0.2) is 0 Å². The maximum Gasteiger partial charge on any atom is 0.277 e. The number of rotatable bonds is 6. The highest BCUT2D eigenvalue weighted by Gasteiger charge is 2.27. The summed E-state index contributed by atoms with van der Waals surface area (Å²) in [5.74, 6) is 0.284. The highest BCUT2D eigenvalue weighted by molar-refractivity contribution is 7.87. The molecule has 0 aliphatic heterocycles. The minimum atomic E-state index is -3.34. The Hall–Kier alpha value is 0.120. The van der Waals surface area contributed by atoms with Crippen LogP contribution in [-0.4, -0.2) is 27.5 Å². The van der Waals surface area contributed by atoms with Crippen molar-refractivity contribution in [3.8, 4) is 0 Å². The smallest absolute Gasteiger partial charge is 0.277 e. The molecule has 0 saturated heterocycles. The summed E-state index contributed by atoms with van der Waals surface area (Å²) in [6, 6.07) is 0.00751. The highest BCUT2D eigenvalue weighted by Crippen LogP contribution is 2.23. The van der Waals surface area contributed by atoms with E-state index in [2.05, 4.69) is 9.44 Å². The van der Waals surface area contributed by atoms with Gasteiger partial charge in [0.15, 0.2) is 0 Å². The summed E-state index contributed by atoms with van der Waals surface area (Å²) >= 11 is 0. The molecular formula is C10H24ClN3O2S. The molecule has 0 spiro atoms. The van der Waals surface area contributed by atoms with Crippen molar-refractivity contribution in [1.82, 2.24) is 9.44 Å². The third-order valence-electron chi connectivity index (χ3n) is 3.06. The van der Waals surface area contributed by atoms with Gasteiger partial charge in [-0.05, 0) is 31.7 Å². The van der Waals surface area contributed by atoms with E-state index in [0.29, 0.717) is 13.1 Å². The van der Waals surface area contributed by atoms with Crippen molar-refractivity contribution in [2.24, 2.45) is 11.7 Å². The molecule has 2 atom stereocenters. The average molecular weight is 286 g/mol. The van der Waals surface area contributed by atoms with Gasteiger partial charge in [-0.2, -0.15) is 13.1 Å². The van der Waals surface area contributed by atoms with E-state index in [4.69, 9.17) is 5.73 Å². The zero-order chi connectivity index (χ0) is 12.0. The van der Waals surface area contributed by atoms with E-state index in [0.717, 1.165) is 32.1 Å². The van der Waals surface area contributed by atoms with Crippen LogP contribution in [-0.2, 0) is 10.2 Å². The molecule has 0 radical (unpaired) electrons. The lowest BCUT2D eigenvalue weighted by molar-refractivity contribution is 0.295. The monoisotopic (exact) mass is 285 g/mol. The standard InChI is InChI=1S/C10H23N3O2S.ClH/c1-2-7-12-16(14,15)13-10-6-4-3-5-9(10)8-11;/h9-10,12-13H,2-8,11H2,1H3;1H. The fourth-order valence-electron chi connectivity index (χ4n) is 2.12. The van der Waals surface area contributed by atoms with E-state index < -0.39 is 10.2 Å². The lowest BCUT2D eigenvalue weighted by Gasteiger charge is -2.30. The summed E-state index contributed by atoms with van der Waals surface area (Å²) in [6.07, 6.45) is 4.96. The molecular weight excluding hydrogens is 262 g/mol. The summed E-state index contributed by atoms with van der Waals surface area (Å²) in [5.41, 5.74) is 5.66. The van der Waals surface area contributed by atoms with Gasteiger partial charge in [-0.15, -0.1) is 12.4 Å².